The van der Waals surface area contributed by atoms with Crippen LogP contribution >= 0.6 is 0 Å². The molecule has 0 aliphatic heterocycles. The van der Waals surface area contributed by atoms with Gasteiger partial charge in [-0.2, -0.15) is 0 Å². The number of aromatic amines is 1. The van der Waals surface area contributed by atoms with Crippen LogP contribution in [-0.4, -0.2) is 10.9 Å². The Kier molecular flexibility index (Phi) is 5.07. The van der Waals surface area contributed by atoms with Crippen molar-refractivity contribution in [3.8, 4) is 22.4 Å². The summed E-state index contributed by atoms with van der Waals surface area (Å²) in [6.45, 7) is 2.06. The lowest BCUT2D eigenvalue weighted by molar-refractivity contribution is 0.102. The van der Waals surface area contributed by atoms with Crippen molar-refractivity contribution >= 4 is 11.6 Å². The highest BCUT2D eigenvalue weighted by atomic mass is 16.1. The minimum atomic E-state index is -0.0969. The van der Waals surface area contributed by atoms with Gasteiger partial charge in [-0.3, -0.25) is 4.79 Å². The minimum Gasteiger partial charge on any atom is -0.357 e. The molecule has 28 heavy (non-hydrogen) atoms. The fraction of sp³-hybridized carbons (Fsp3) is 0.0800. The fourth-order valence-electron chi connectivity index (χ4n) is 3.50. The van der Waals surface area contributed by atoms with Gasteiger partial charge in [0.1, 0.15) is 0 Å². The molecule has 0 bridgehead atoms. The maximum atomic E-state index is 13.3. The molecule has 0 aliphatic carbocycles. The molecule has 3 aromatic carbocycles. The third kappa shape index (κ3) is 3.47. The average Bonchev–Trinajstić information content (AvgIpc) is 3.15. The molecule has 0 fully saturated rings. The Bertz CT molecular complexity index is 1070. The number of hydrogen-bond donors (Lipinski definition) is 2. The Morgan fingerprint density at radius 2 is 1.32 bits per heavy atom. The summed E-state index contributed by atoms with van der Waals surface area (Å²) in [6.07, 6.45) is 0.740. The van der Waals surface area contributed by atoms with Crippen molar-refractivity contribution in [1.82, 2.24) is 4.98 Å². The number of nitrogens with one attached hydrogen (secondary N) is 2. The lowest BCUT2D eigenvalue weighted by Gasteiger charge is -2.10. The van der Waals surface area contributed by atoms with Crippen molar-refractivity contribution in [1.29, 1.82) is 0 Å². The Labute approximate surface area is 165 Å². The summed E-state index contributed by atoms with van der Waals surface area (Å²) in [5.74, 6) is -0.0969. The van der Waals surface area contributed by atoms with Crippen molar-refractivity contribution in [2.45, 2.75) is 13.3 Å². The van der Waals surface area contributed by atoms with E-state index in [4.69, 9.17) is 0 Å². The molecule has 0 aliphatic rings. The molecule has 0 saturated carbocycles. The van der Waals surface area contributed by atoms with Gasteiger partial charge in [0.15, 0.2) is 0 Å². The molecule has 0 unspecified atom stereocenters. The topological polar surface area (TPSA) is 44.9 Å². The zero-order valence-corrected chi connectivity index (χ0v) is 15.8. The molecule has 0 atom stereocenters. The lowest BCUT2D eigenvalue weighted by Crippen LogP contribution is -2.14. The standard InChI is InChI=1S/C25H22N2O/c1-2-21-23(25(28)26-20-16-10-5-11-17-20)22(18-12-6-3-7-13-18)24(27-21)19-14-8-4-9-15-19/h3-17,27H,2H2,1H3,(H,26,28). The Morgan fingerprint density at radius 1 is 0.786 bits per heavy atom. The average molecular weight is 366 g/mol. The predicted molar refractivity (Wildman–Crippen MR) is 115 cm³/mol. The number of aromatic nitrogens is 1. The van der Waals surface area contributed by atoms with Gasteiger partial charge in [0.05, 0.1) is 11.3 Å². The second kappa shape index (κ2) is 7.97. The normalized spacial score (nSPS) is 10.6. The molecule has 4 aromatic rings. The maximum Gasteiger partial charge on any atom is 0.258 e. The summed E-state index contributed by atoms with van der Waals surface area (Å²) < 4.78 is 0. The number of H-pyrrole nitrogens is 1. The number of para-hydroxylation sites is 1. The summed E-state index contributed by atoms with van der Waals surface area (Å²) >= 11 is 0. The first-order valence-electron chi connectivity index (χ1n) is 9.50. The van der Waals surface area contributed by atoms with Crippen LogP contribution in [0.4, 0.5) is 5.69 Å². The Morgan fingerprint density at radius 3 is 1.89 bits per heavy atom. The summed E-state index contributed by atoms with van der Waals surface area (Å²) in [6, 6.07) is 29.8. The highest BCUT2D eigenvalue weighted by Crippen LogP contribution is 2.37. The molecule has 0 spiro atoms. The molecular weight excluding hydrogens is 344 g/mol. The number of anilines is 1. The van der Waals surface area contributed by atoms with E-state index in [0.717, 1.165) is 40.2 Å². The van der Waals surface area contributed by atoms with Gasteiger partial charge in [0.2, 0.25) is 0 Å². The first-order valence-corrected chi connectivity index (χ1v) is 9.50. The van der Waals surface area contributed by atoms with Gasteiger partial charge < -0.3 is 10.3 Å². The van der Waals surface area contributed by atoms with Gasteiger partial charge in [-0.15, -0.1) is 0 Å². The Balaban J connectivity index is 1.89. The number of carbonyl (C=O) groups is 1. The SMILES string of the molecule is CCc1[nH]c(-c2ccccc2)c(-c2ccccc2)c1C(=O)Nc1ccccc1. The van der Waals surface area contributed by atoms with Gasteiger partial charge in [0, 0.05) is 16.9 Å². The monoisotopic (exact) mass is 366 g/mol. The summed E-state index contributed by atoms with van der Waals surface area (Å²) in [5.41, 5.74) is 6.43. The van der Waals surface area contributed by atoms with E-state index in [9.17, 15) is 4.79 Å². The third-order valence-corrected chi connectivity index (χ3v) is 4.81. The van der Waals surface area contributed by atoms with Gasteiger partial charge in [-0.1, -0.05) is 85.8 Å². The molecular formula is C25H22N2O. The summed E-state index contributed by atoms with van der Waals surface area (Å²) in [4.78, 5) is 16.8. The third-order valence-electron chi connectivity index (χ3n) is 4.81. The molecule has 1 aromatic heterocycles. The van der Waals surface area contributed by atoms with Crippen LogP contribution in [0.3, 0.4) is 0 Å². The van der Waals surface area contributed by atoms with Gasteiger partial charge >= 0.3 is 0 Å². The number of benzene rings is 3. The van der Waals surface area contributed by atoms with Crippen molar-refractivity contribution < 1.29 is 4.79 Å². The summed E-state index contributed by atoms with van der Waals surface area (Å²) in [5, 5.41) is 3.05. The van der Waals surface area contributed by atoms with Crippen molar-refractivity contribution in [3.05, 3.63) is 102 Å². The van der Waals surface area contributed by atoms with Crippen molar-refractivity contribution in [2.24, 2.45) is 0 Å². The fourth-order valence-corrected chi connectivity index (χ4v) is 3.50. The van der Waals surface area contributed by atoms with Crippen molar-refractivity contribution in [2.75, 3.05) is 5.32 Å². The minimum absolute atomic E-state index is 0.0969. The molecule has 1 amide bonds. The van der Waals surface area contributed by atoms with Crippen LogP contribution in [0.15, 0.2) is 91.0 Å². The zero-order valence-electron chi connectivity index (χ0n) is 15.8. The number of carbonyl (C=O) groups excluding carboxylic acids is 1. The van der Waals surface area contributed by atoms with Crippen LogP contribution in [0.1, 0.15) is 23.0 Å². The second-order valence-corrected chi connectivity index (χ2v) is 6.63. The number of aryl methyl sites for hydroxylation is 1. The smallest absolute Gasteiger partial charge is 0.258 e. The van der Waals surface area contributed by atoms with Gasteiger partial charge in [0.25, 0.3) is 5.91 Å². The van der Waals surface area contributed by atoms with Gasteiger partial charge in [-0.05, 0) is 29.7 Å². The van der Waals surface area contributed by atoms with E-state index in [-0.39, 0.29) is 5.91 Å². The van der Waals surface area contributed by atoms with E-state index in [2.05, 4.69) is 29.4 Å². The van der Waals surface area contributed by atoms with Crippen LogP contribution in [-0.2, 0) is 6.42 Å². The number of amides is 1. The molecule has 1 heterocycles. The largest absolute Gasteiger partial charge is 0.357 e. The van der Waals surface area contributed by atoms with E-state index in [1.807, 2.05) is 78.9 Å². The lowest BCUT2D eigenvalue weighted by atomic mass is 9.96. The molecule has 3 nitrogen and oxygen atoms in total. The first-order chi connectivity index (χ1) is 13.8. The molecule has 0 radical (unpaired) electrons. The molecule has 2 N–H and O–H groups in total. The van der Waals surface area contributed by atoms with E-state index in [1.54, 1.807) is 0 Å². The van der Waals surface area contributed by atoms with Gasteiger partial charge in [-0.25, -0.2) is 0 Å². The maximum absolute atomic E-state index is 13.3. The zero-order chi connectivity index (χ0) is 19.3. The van der Waals surface area contributed by atoms with Crippen LogP contribution in [0.5, 0.6) is 0 Å². The van der Waals surface area contributed by atoms with E-state index >= 15 is 0 Å². The van der Waals surface area contributed by atoms with E-state index in [0.29, 0.717) is 5.56 Å². The molecule has 3 heteroatoms. The molecule has 4 rings (SSSR count). The van der Waals surface area contributed by atoms with Crippen molar-refractivity contribution in [3.63, 3.8) is 0 Å². The van der Waals surface area contributed by atoms with E-state index in [1.165, 1.54) is 0 Å². The molecule has 0 saturated heterocycles. The first kappa shape index (κ1) is 17.8. The quantitative estimate of drug-likeness (QED) is 0.436. The van der Waals surface area contributed by atoms with Crippen LogP contribution in [0, 0.1) is 0 Å². The second-order valence-electron chi connectivity index (χ2n) is 6.63. The predicted octanol–water partition coefficient (Wildman–Crippen LogP) is 6.16. The van der Waals surface area contributed by atoms with E-state index < -0.39 is 0 Å². The molecule has 138 valence electrons. The Hall–Kier alpha value is -3.59. The summed E-state index contributed by atoms with van der Waals surface area (Å²) in [7, 11) is 0. The highest BCUT2D eigenvalue weighted by Gasteiger charge is 2.24. The number of rotatable bonds is 5. The van der Waals surface area contributed by atoms with Crippen LogP contribution in [0.25, 0.3) is 22.4 Å². The number of hydrogen-bond acceptors (Lipinski definition) is 1. The van der Waals surface area contributed by atoms with Crippen LogP contribution in [0.2, 0.25) is 0 Å². The van der Waals surface area contributed by atoms with Crippen LogP contribution < -0.4 is 5.32 Å². The highest BCUT2D eigenvalue weighted by molar-refractivity contribution is 6.12.